The van der Waals surface area contributed by atoms with Gasteiger partial charge in [0.1, 0.15) is 17.1 Å². The minimum atomic E-state index is -3.13. The number of benzene rings is 1. The molecule has 1 atom stereocenters. The van der Waals surface area contributed by atoms with Gasteiger partial charge in [0.2, 0.25) is 0 Å². The highest BCUT2D eigenvalue weighted by Gasteiger charge is 2.39. The van der Waals surface area contributed by atoms with E-state index >= 15 is 0 Å². The molecule has 1 saturated carbocycles. The summed E-state index contributed by atoms with van der Waals surface area (Å²) >= 11 is 0. The Kier molecular flexibility index (Phi) is 6.66. The molecule has 1 aliphatic heterocycles. The first kappa shape index (κ1) is 21.4. The maximum atomic E-state index is 12.9. The Bertz CT molecular complexity index is 862. The van der Waals surface area contributed by atoms with Crippen LogP contribution in [0.4, 0.5) is 0 Å². The second-order valence-corrected chi connectivity index (χ2v) is 9.67. The summed E-state index contributed by atoms with van der Waals surface area (Å²) < 4.78 is 39.4. The van der Waals surface area contributed by atoms with Gasteiger partial charge in [-0.1, -0.05) is 12.8 Å². The molecule has 1 aromatic carbocycles. The van der Waals surface area contributed by atoms with E-state index in [1.54, 1.807) is 17.0 Å². The molecule has 3 rings (SSSR count). The van der Waals surface area contributed by atoms with Crippen LogP contribution in [0.25, 0.3) is 0 Å². The summed E-state index contributed by atoms with van der Waals surface area (Å²) in [4.78, 5) is 27.1. The summed E-state index contributed by atoms with van der Waals surface area (Å²) in [6.45, 7) is -0.438. The van der Waals surface area contributed by atoms with Crippen LogP contribution < -0.4 is 9.47 Å². The molecule has 8 nitrogen and oxygen atoms in total. The van der Waals surface area contributed by atoms with Crippen LogP contribution in [0.2, 0.25) is 0 Å². The second-order valence-electron chi connectivity index (χ2n) is 7.44. The third kappa shape index (κ3) is 5.01. The van der Waals surface area contributed by atoms with Gasteiger partial charge in [0.15, 0.2) is 16.4 Å². The average Bonchev–Trinajstić information content (AvgIpc) is 3.35. The van der Waals surface area contributed by atoms with E-state index in [9.17, 15) is 18.0 Å². The predicted octanol–water partition coefficient (Wildman–Crippen LogP) is 1.82. The minimum Gasteiger partial charge on any atom is -0.497 e. The van der Waals surface area contributed by atoms with Crippen molar-refractivity contribution in [2.45, 2.75) is 44.2 Å². The van der Waals surface area contributed by atoms with Crippen LogP contribution in [0, 0.1) is 0 Å². The van der Waals surface area contributed by atoms with E-state index in [0.717, 1.165) is 25.7 Å². The van der Waals surface area contributed by atoms with Gasteiger partial charge in [0.25, 0.3) is 5.91 Å². The molecule has 0 bridgehead atoms. The van der Waals surface area contributed by atoms with Crippen LogP contribution >= 0.6 is 0 Å². The number of carbonyl (C=O) groups excluding carboxylic acids is 2. The molecule has 2 fully saturated rings. The lowest BCUT2D eigenvalue weighted by atomic mass is 10.1. The van der Waals surface area contributed by atoms with Crippen molar-refractivity contribution >= 4 is 21.7 Å². The number of esters is 1. The van der Waals surface area contributed by atoms with Crippen LogP contribution in [0.15, 0.2) is 18.2 Å². The summed E-state index contributed by atoms with van der Waals surface area (Å²) in [6, 6.07) is 4.39. The van der Waals surface area contributed by atoms with Gasteiger partial charge in [-0.2, -0.15) is 0 Å². The Labute approximate surface area is 171 Å². The fourth-order valence-electron chi connectivity index (χ4n) is 4.14. The molecule has 1 aromatic rings. The normalized spacial score (nSPS) is 21.0. The number of amides is 1. The minimum absolute atomic E-state index is 0.00542. The maximum absolute atomic E-state index is 12.9. The summed E-state index contributed by atoms with van der Waals surface area (Å²) in [5.41, 5.74) is 0.163. The predicted molar refractivity (Wildman–Crippen MR) is 106 cm³/mol. The highest BCUT2D eigenvalue weighted by molar-refractivity contribution is 7.91. The number of hydrogen-bond acceptors (Lipinski definition) is 7. The van der Waals surface area contributed by atoms with E-state index in [1.165, 1.54) is 20.3 Å². The highest BCUT2D eigenvalue weighted by Crippen LogP contribution is 2.29. The van der Waals surface area contributed by atoms with E-state index in [-0.39, 0.29) is 35.1 Å². The van der Waals surface area contributed by atoms with E-state index in [0.29, 0.717) is 17.9 Å². The van der Waals surface area contributed by atoms with Crippen molar-refractivity contribution in [1.82, 2.24) is 4.90 Å². The number of methoxy groups -OCH3 is 2. The van der Waals surface area contributed by atoms with E-state index in [1.807, 2.05) is 0 Å². The zero-order valence-electron chi connectivity index (χ0n) is 16.8. The van der Waals surface area contributed by atoms with Crippen molar-refractivity contribution in [3.05, 3.63) is 23.8 Å². The summed E-state index contributed by atoms with van der Waals surface area (Å²) in [6.07, 6.45) is 4.14. The van der Waals surface area contributed by atoms with Gasteiger partial charge in [0.05, 0.1) is 25.7 Å². The van der Waals surface area contributed by atoms with Crippen molar-refractivity contribution in [2.75, 3.05) is 32.3 Å². The monoisotopic (exact) mass is 425 g/mol. The van der Waals surface area contributed by atoms with Crippen molar-refractivity contribution in [1.29, 1.82) is 0 Å². The maximum Gasteiger partial charge on any atom is 0.342 e. The molecule has 0 N–H and O–H groups in total. The summed E-state index contributed by atoms with van der Waals surface area (Å²) in [5, 5.41) is 0. The fraction of sp³-hybridized carbons (Fsp3) is 0.600. The molecule has 1 heterocycles. The Morgan fingerprint density at radius 1 is 1.07 bits per heavy atom. The SMILES string of the molecule is COc1ccc(OC)c(C(=O)OCC(=O)N(C2CCCC2)C2CCS(=O)(=O)C2)c1. The summed E-state index contributed by atoms with van der Waals surface area (Å²) in [7, 11) is -0.208. The van der Waals surface area contributed by atoms with Crippen LogP contribution in [0.1, 0.15) is 42.5 Å². The lowest BCUT2D eigenvalue weighted by molar-refractivity contribution is -0.139. The van der Waals surface area contributed by atoms with E-state index in [2.05, 4.69) is 0 Å². The molecule has 1 unspecified atom stereocenters. The van der Waals surface area contributed by atoms with Crippen LogP contribution in [-0.4, -0.2) is 69.6 Å². The van der Waals surface area contributed by atoms with Crippen molar-refractivity contribution < 1.29 is 32.2 Å². The lowest BCUT2D eigenvalue weighted by Gasteiger charge is -2.33. The molecule has 2 aliphatic rings. The molecule has 1 aliphatic carbocycles. The van der Waals surface area contributed by atoms with Crippen LogP contribution in [0.3, 0.4) is 0 Å². The average molecular weight is 426 g/mol. The van der Waals surface area contributed by atoms with Gasteiger partial charge in [0, 0.05) is 12.1 Å². The topological polar surface area (TPSA) is 99.2 Å². The molecule has 9 heteroatoms. The van der Waals surface area contributed by atoms with Gasteiger partial charge >= 0.3 is 5.97 Å². The zero-order chi connectivity index (χ0) is 21.0. The second kappa shape index (κ2) is 9.02. The zero-order valence-corrected chi connectivity index (χ0v) is 17.6. The molecule has 0 aromatic heterocycles. The molecule has 0 spiro atoms. The lowest BCUT2D eigenvalue weighted by Crippen LogP contribution is -2.48. The molecule has 0 radical (unpaired) electrons. The van der Waals surface area contributed by atoms with Gasteiger partial charge in [-0.05, 0) is 37.5 Å². The van der Waals surface area contributed by atoms with Crippen molar-refractivity contribution in [2.24, 2.45) is 0 Å². The molecule has 1 saturated heterocycles. The van der Waals surface area contributed by atoms with Gasteiger partial charge in [-0.25, -0.2) is 13.2 Å². The van der Waals surface area contributed by atoms with Crippen molar-refractivity contribution in [3.63, 3.8) is 0 Å². The number of ether oxygens (including phenoxy) is 3. The first-order valence-corrected chi connectivity index (χ1v) is 11.6. The van der Waals surface area contributed by atoms with Gasteiger partial charge in [-0.15, -0.1) is 0 Å². The number of nitrogens with zero attached hydrogens (tertiary/aromatic N) is 1. The first-order valence-electron chi connectivity index (χ1n) is 9.75. The number of hydrogen-bond donors (Lipinski definition) is 0. The fourth-order valence-corrected chi connectivity index (χ4v) is 5.85. The number of carbonyl (C=O) groups is 2. The Hall–Kier alpha value is -2.29. The third-order valence-corrected chi connectivity index (χ3v) is 7.31. The largest absolute Gasteiger partial charge is 0.497 e. The van der Waals surface area contributed by atoms with Crippen molar-refractivity contribution in [3.8, 4) is 11.5 Å². The van der Waals surface area contributed by atoms with Crippen LogP contribution in [0.5, 0.6) is 11.5 Å². The van der Waals surface area contributed by atoms with Gasteiger partial charge < -0.3 is 19.1 Å². The number of sulfone groups is 1. The molecular formula is C20H27NO7S. The Morgan fingerprint density at radius 2 is 1.79 bits per heavy atom. The quantitative estimate of drug-likeness (QED) is 0.615. The van der Waals surface area contributed by atoms with E-state index in [4.69, 9.17) is 14.2 Å². The first-order chi connectivity index (χ1) is 13.8. The van der Waals surface area contributed by atoms with Crippen LogP contribution in [-0.2, 0) is 19.4 Å². The summed E-state index contributed by atoms with van der Waals surface area (Å²) in [5.74, 6) is -0.193. The molecular weight excluding hydrogens is 398 g/mol. The molecule has 29 heavy (non-hydrogen) atoms. The molecule has 160 valence electrons. The Balaban J connectivity index is 1.71. The third-order valence-electron chi connectivity index (χ3n) is 5.56. The highest BCUT2D eigenvalue weighted by atomic mass is 32.2. The number of rotatable bonds is 7. The smallest absolute Gasteiger partial charge is 0.342 e. The molecule has 1 amide bonds. The van der Waals surface area contributed by atoms with E-state index < -0.39 is 22.4 Å². The standard InChI is InChI=1S/C20H27NO7S/c1-26-16-7-8-18(27-2)17(11-16)20(23)28-12-19(22)21(14-5-3-4-6-14)15-9-10-29(24,25)13-15/h7-8,11,14-15H,3-6,9-10,12-13H2,1-2H3. The Morgan fingerprint density at radius 3 is 2.38 bits per heavy atom. The van der Waals surface area contributed by atoms with Gasteiger partial charge in [-0.3, -0.25) is 4.79 Å².